The number of nitrogens with zero attached hydrogens (tertiary/aromatic N) is 2. The highest BCUT2D eigenvalue weighted by Gasteiger charge is 2.02. The van der Waals surface area contributed by atoms with Crippen LogP contribution in [0.15, 0.2) is 23.1 Å². The summed E-state index contributed by atoms with van der Waals surface area (Å²) in [6, 6.07) is 2.93. The van der Waals surface area contributed by atoms with Crippen molar-refractivity contribution < 1.29 is 5.11 Å². The van der Waals surface area contributed by atoms with Crippen molar-refractivity contribution in [3.8, 4) is 0 Å². The van der Waals surface area contributed by atoms with Crippen molar-refractivity contribution >= 4 is 5.65 Å². The van der Waals surface area contributed by atoms with Gasteiger partial charge < -0.3 is 5.11 Å². The molecule has 0 atom stereocenters. The predicted molar refractivity (Wildman–Crippen MR) is 46.6 cm³/mol. The van der Waals surface area contributed by atoms with Crippen LogP contribution in [0.25, 0.3) is 5.65 Å². The maximum absolute atomic E-state index is 10.9. The highest BCUT2D eigenvalue weighted by molar-refractivity contribution is 5.37. The summed E-state index contributed by atoms with van der Waals surface area (Å²) >= 11 is 0. The second-order valence-electron chi connectivity index (χ2n) is 2.73. The van der Waals surface area contributed by atoms with Crippen LogP contribution in [0.4, 0.5) is 0 Å². The van der Waals surface area contributed by atoms with Crippen molar-refractivity contribution in [3.63, 3.8) is 0 Å². The lowest BCUT2D eigenvalue weighted by atomic mass is 10.4. The predicted octanol–water partition coefficient (Wildman–Crippen LogP) is -0.443. The van der Waals surface area contributed by atoms with Gasteiger partial charge in [-0.1, -0.05) is 0 Å². The van der Waals surface area contributed by atoms with E-state index in [9.17, 15) is 4.79 Å². The number of nitrogens with one attached hydrogen (secondary N) is 1. The van der Waals surface area contributed by atoms with Gasteiger partial charge in [-0.05, 0) is 0 Å². The Morgan fingerprint density at radius 3 is 3.23 bits per heavy atom. The number of fused-ring (bicyclic) bond motifs is 1. The van der Waals surface area contributed by atoms with E-state index in [0.717, 1.165) is 5.82 Å². The van der Waals surface area contributed by atoms with E-state index in [1.807, 2.05) is 0 Å². The quantitative estimate of drug-likeness (QED) is 0.656. The number of aliphatic hydroxyl groups is 1. The first-order valence-electron chi connectivity index (χ1n) is 3.98. The zero-order chi connectivity index (χ0) is 9.26. The van der Waals surface area contributed by atoms with E-state index in [2.05, 4.69) is 10.2 Å². The fourth-order valence-electron chi connectivity index (χ4n) is 1.24. The lowest BCUT2D eigenvalue weighted by molar-refractivity contribution is 0.296. The summed E-state index contributed by atoms with van der Waals surface area (Å²) < 4.78 is 1.75. The van der Waals surface area contributed by atoms with Crippen LogP contribution in [0.1, 0.15) is 5.82 Å². The van der Waals surface area contributed by atoms with Crippen molar-refractivity contribution in [1.29, 1.82) is 0 Å². The van der Waals surface area contributed by atoms with E-state index in [1.165, 1.54) is 12.1 Å². The normalized spacial score (nSPS) is 10.8. The number of aromatic nitrogens is 3. The lowest BCUT2D eigenvalue weighted by Gasteiger charge is -1.94. The molecule has 2 aromatic rings. The van der Waals surface area contributed by atoms with Crippen LogP contribution in [0.3, 0.4) is 0 Å². The van der Waals surface area contributed by atoms with Crippen LogP contribution in [0.5, 0.6) is 0 Å². The average Bonchev–Trinajstić information content (AvgIpc) is 2.49. The van der Waals surface area contributed by atoms with Gasteiger partial charge in [-0.15, -0.1) is 0 Å². The van der Waals surface area contributed by atoms with Crippen LogP contribution in [-0.4, -0.2) is 26.3 Å². The molecule has 5 heteroatoms. The molecule has 5 nitrogen and oxygen atoms in total. The minimum atomic E-state index is -0.0563. The molecule has 0 unspecified atom stereocenters. The molecule has 0 spiro atoms. The highest BCUT2D eigenvalue weighted by Crippen LogP contribution is 2.00. The molecule has 0 aliphatic heterocycles. The third-order valence-electron chi connectivity index (χ3n) is 1.84. The van der Waals surface area contributed by atoms with Gasteiger partial charge in [0.25, 0.3) is 0 Å². The molecule has 0 fully saturated rings. The van der Waals surface area contributed by atoms with E-state index in [0.29, 0.717) is 12.1 Å². The molecule has 0 amide bonds. The summed E-state index contributed by atoms with van der Waals surface area (Å²) in [7, 11) is 0. The topological polar surface area (TPSA) is 70.4 Å². The van der Waals surface area contributed by atoms with Crippen molar-refractivity contribution in [2.75, 3.05) is 6.61 Å². The Bertz CT molecular complexity index is 471. The van der Waals surface area contributed by atoms with Gasteiger partial charge >= 0.3 is 0 Å². The summed E-state index contributed by atoms with van der Waals surface area (Å²) in [5, 5.41) is 15.4. The standard InChI is InChI=1S/C8H9N3O2/c12-4-2-7-9-10-8-5-6(13)1-3-11(7)8/h1,3,5,10,12H,2,4H2. The summed E-state index contributed by atoms with van der Waals surface area (Å²) in [6.07, 6.45) is 2.12. The molecular formula is C8H9N3O2. The average molecular weight is 179 g/mol. The molecular weight excluding hydrogens is 170 g/mol. The molecule has 2 heterocycles. The maximum atomic E-state index is 10.9. The lowest BCUT2D eigenvalue weighted by Crippen LogP contribution is -2.02. The van der Waals surface area contributed by atoms with Crippen LogP contribution in [0, 0.1) is 0 Å². The van der Waals surface area contributed by atoms with Crippen LogP contribution >= 0.6 is 0 Å². The molecule has 68 valence electrons. The Morgan fingerprint density at radius 1 is 1.62 bits per heavy atom. The van der Waals surface area contributed by atoms with Crippen LogP contribution in [-0.2, 0) is 6.42 Å². The molecule has 13 heavy (non-hydrogen) atoms. The second kappa shape index (κ2) is 3.02. The van der Waals surface area contributed by atoms with Gasteiger partial charge in [0.2, 0.25) is 0 Å². The fraction of sp³-hybridized carbons (Fsp3) is 0.250. The molecule has 2 aromatic heterocycles. The number of rotatable bonds is 2. The van der Waals surface area contributed by atoms with Crippen molar-refractivity contribution in [1.82, 2.24) is 14.6 Å². The van der Waals surface area contributed by atoms with Crippen LogP contribution < -0.4 is 5.43 Å². The third kappa shape index (κ3) is 1.33. The third-order valence-corrected chi connectivity index (χ3v) is 1.84. The molecule has 2 N–H and O–H groups in total. The minimum absolute atomic E-state index is 0.0477. The fourth-order valence-corrected chi connectivity index (χ4v) is 1.24. The van der Waals surface area contributed by atoms with Gasteiger partial charge in [-0.2, -0.15) is 5.10 Å². The summed E-state index contributed by atoms with van der Waals surface area (Å²) in [4.78, 5) is 10.9. The van der Waals surface area contributed by atoms with E-state index in [-0.39, 0.29) is 12.0 Å². The Balaban J connectivity index is 2.62. The van der Waals surface area contributed by atoms with Crippen LogP contribution in [0.2, 0.25) is 0 Å². The smallest absolute Gasteiger partial charge is 0.183 e. The van der Waals surface area contributed by atoms with Gasteiger partial charge in [0.05, 0.1) is 6.61 Å². The number of aromatic amines is 1. The zero-order valence-electron chi connectivity index (χ0n) is 6.90. The first-order valence-corrected chi connectivity index (χ1v) is 3.98. The first-order chi connectivity index (χ1) is 6.31. The van der Waals surface area contributed by atoms with Gasteiger partial charge in [-0.25, -0.2) is 0 Å². The van der Waals surface area contributed by atoms with Gasteiger partial charge in [-0.3, -0.25) is 14.3 Å². The molecule has 0 saturated heterocycles. The molecule has 0 aromatic carbocycles. The van der Waals surface area contributed by atoms with E-state index < -0.39 is 0 Å². The van der Waals surface area contributed by atoms with Crippen molar-refractivity contribution in [2.24, 2.45) is 0 Å². The summed E-state index contributed by atoms with van der Waals surface area (Å²) in [5.41, 5.74) is 0.593. The van der Waals surface area contributed by atoms with E-state index >= 15 is 0 Å². The number of aliphatic hydroxyl groups excluding tert-OH is 1. The number of hydrogen-bond donors (Lipinski definition) is 2. The molecule has 0 saturated carbocycles. The van der Waals surface area contributed by atoms with Gasteiger partial charge in [0.1, 0.15) is 11.5 Å². The molecule has 0 aliphatic rings. The van der Waals surface area contributed by atoms with Gasteiger partial charge in [0, 0.05) is 24.8 Å². The molecule has 0 aliphatic carbocycles. The Kier molecular flexibility index (Phi) is 1.86. The number of hydrogen-bond acceptors (Lipinski definition) is 3. The molecule has 2 rings (SSSR count). The van der Waals surface area contributed by atoms with Crippen molar-refractivity contribution in [2.45, 2.75) is 6.42 Å². The summed E-state index contributed by atoms with van der Waals surface area (Å²) in [5.74, 6) is 0.720. The molecule has 0 radical (unpaired) electrons. The first kappa shape index (κ1) is 8.00. The maximum Gasteiger partial charge on any atom is 0.183 e. The SMILES string of the molecule is O=c1ccn2c(CCO)n[nH]c2c1. The van der Waals surface area contributed by atoms with Gasteiger partial charge in [0.15, 0.2) is 5.43 Å². The monoisotopic (exact) mass is 179 g/mol. The Labute approximate surface area is 73.6 Å². The number of pyridine rings is 1. The second-order valence-corrected chi connectivity index (χ2v) is 2.73. The zero-order valence-corrected chi connectivity index (χ0v) is 6.90. The minimum Gasteiger partial charge on any atom is -0.396 e. The Hall–Kier alpha value is -1.62. The van der Waals surface area contributed by atoms with Crippen molar-refractivity contribution in [3.05, 3.63) is 34.4 Å². The van der Waals surface area contributed by atoms with E-state index in [4.69, 9.17) is 5.11 Å². The highest BCUT2D eigenvalue weighted by atomic mass is 16.3. The van der Waals surface area contributed by atoms with E-state index in [1.54, 1.807) is 10.6 Å². The Morgan fingerprint density at radius 2 is 2.46 bits per heavy atom. The largest absolute Gasteiger partial charge is 0.396 e. The number of H-pyrrole nitrogens is 1. The summed E-state index contributed by atoms with van der Waals surface area (Å²) in [6.45, 7) is 0.0477. The molecule has 0 bridgehead atoms.